The van der Waals surface area contributed by atoms with E-state index in [9.17, 15) is 14.3 Å². The molecule has 3 rings (SSSR count). The fourth-order valence-corrected chi connectivity index (χ4v) is 5.04. The van der Waals surface area contributed by atoms with Gasteiger partial charge in [-0.2, -0.15) is 0 Å². The Hall–Kier alpha value is -2.00. The summed E-state index contributed by atoms with van der Waals surface area (Å²) in [5.41, 5.74) is 1.10. The maximum atomic E-state index is 13.6. The van der Waals surface area contributed by atoms with Gasteiger partial charge in [-0.05, 0) is 54.4 Å². The van der Waals surface area contributed by atoms with Crippen molar-refractivity contribution < 1.29 is 23.8 Å². The van der Waals surface area contributed by atoms with Gasteiger partial charge in [0.15, 0.2) is 0 Å². The van der Waals surface area contributed by atoms with Crippen molar-refractivity contribution in [3.05, 3.63) is 52.0 Å². The van der Waals surface area contributed by atoms with Crippen molar-refractivity contribution in [1.29, 1.82) is 0 Å². The van der Waals surface area contributed by atoms with Crippen LogP contribution in [0.15, 0.2) is 35.7 Å². The zero-order valence-corrected chi connectivity index (χ0v) is 20.5. The molecule has 0 saturated heterocycles. The SMILES string of the molecule is COC[C@H](O)CN(CCC(C)C)CC(=O)N1CCc2sccc2[C@H]1COc1cccc(F)c1. The number of benzene rings is 1. The molecule has 1 aliphatic heterocycles. The van der Waals surface area contributed by atoms with Crippen LogP contribution in [0, 0.1) is 11.7 Å². The van der Waals surface area contributed by atoms with Gasteiger partial charge in [0, 0.05) is 31.1 Å². The molecule has 0 fully saturated rings. The van der Waals surface area contributed by atoms with Crippen molar-refractivity contribution in [3.63, 3.8) is 0 Å². The lowest BCUT2D eigenvalue weighted by Gasteiger charge is -2.37. The third kappa shape index (κ3) is 7.50. The lowest BCUT2D eigenvalue weighted by atomic mass is 10.00. The van der Waals surface area contributed by atoms with Crippen molar-refractivity contribution in [3.8, 4) is 5.75 Å². The van der Waals surface area contributed by atoms with Crippen molar-refractivity contribution in [1.82, 2.24) is 9.80 Å². The van der Waals surface area contributed by atoms with Gasteiger partial charge in [-0.3, -0.25) is 9.69 Å². The molecule has 0 bridgehead atoms. The van der Waals surface area contributed by atoms with E-state index < -0.39 is 6.10 Å². The smallest absolute Gasteiger partial charge is 0.237 e. The molecule has 1 N–H and O–H groups in total. The predicted molar refractivity (Wildman–Crippen MR) is 128 cm³/mol. The molecule has 0 aliphatic carbocycles. The van der Waals surface area contributed by atoms with Crippen molar-refractivity contribution in [2.24, 2.45) is 5.92 Å². The van der Waals surface area contributed by atoms with E-state index in [1.54, 1.807) is 30.6 Å². The molecular weight excluding hydrogens is 443 g/mol. The van der Waals surface area contributed by atoms with Crippen molar-refractivity contribution >= 4 is 17.2 Å². The summed E-state index contributed by atoms with van der Waals surface area (Å²) in [5, 5.41) is 12.3. The number of carbonyl (C=O) groups is 1. The first kappa shape index (κ1) is 25.6. The molecule has 33 heavy (non-hydrogen) atoms. The molecule has 8 heteroatoms. The Kier molecular flexibility index (Phi) is 9.67. The van der Waals surface area contributed by atoms with Crippen LogP contribution in [0.5, 0.6) is 5.75 Å². The summed E-state index contributed by atoms with van der Waals surface area (Å²) in [6, 6.07) is 7.89. The number of ether oxygens (including phenoxy) is 2. The van der Waals surface area contributed by atoms with Crippen LogP contribution in [0.2, 0.25) is 0 Å². The zero-order valence-electron chi connectivity index (χ0n) is 19.7. The first-order valence-electron chi connectivity index (χ1n) is 11.5. The molecule has 1 aromatic heterocycles. The summed E-state index contributed by atoms with van der Waals surface area (Å²) in [6.07, 6.45) is 1.10. The van der Waals surface area contributed by atoms with Crippen LogP contribution in [0.3, 0.4) is 0 Å². The number of fused-ring (bicyclic) bond motifs is 1. The van der Waals surface area contributed by atoms with E-state index in [1.807, 2.05) is 15.2 Å². The number of hydrogen-bond donors (Lipinski definition) is 1. The Morgan fingerprint density at radius 3 is 2.91 bits per heavy atom. The van der Waals surface area contributed by atoms with E-state index in [4.69, 9.17) is 9.47 Å². The van der Waals surface area contributed by atoms with Crippen LogP contribution in [0.1, 0.15) is 36.8 Å². The summed E-state index contributed by atoms with van der Waals surface area (Å²) >= 11 is 1.70. The number of hydrogen-bond acceptors (Lipinski definition) is 6. The molecule has 0 spiro atoms. The van der Waals surface area contributed by atoms with Crippen LogP contribution in [-0.4, -0.2) is 73.4 Å². The first-order valence-corrected chi connectivity index (χ1v) is 12.4. The Morgan fingerprint density at radius 1 is 1.36 bits per heavy atom. The number of aliphatic hydroxyl groups is 1. The summed E-state index contributed by atoms with van der Waals surface area (Å²) in [4.78, 5) is 18.6. The number of carbonyl (C=O) groups excluding carboxylic acids is 1. The van der Waals surface area contributed by atoms with Gasteiger partial charge in [-0.15, -0.1) is 11.3 Å². The van der Waals surface area contributed by atoms with Gasteiger partial charge in [0.1, 0.15) is 18.2 Å². The number of halogens is 1. The summed E-state index contributed by atoms with van der Waals surface area (Å²) in [7, 11) is 1.56. The normalized spacial score (nSPS) is 16.8. The van der Waals surface area contributed by atoms with E-state index in [-0.39, 0.29) is 37.5 Å². The quantitative estimate of drug-likeness (QED) is 0.504. The predicted octanol–water partition coefficient (Wildman–Crippen LogP) is 3.75. The largest absolute Gasteiger partial charge is 0.491 e. The minimum atomic E-state index is -0.646. The third-order valence-electron chi connectivity index (χ3n) is 5.83. The molecule has 2 atom stereocenters. The van der Waals surface area contributed by atoms with Crippen LogP contribution < -0.4 is 4.74 Å². The van der Waals surface area contributed by atoms with Crippen molar-refractivity contribution in [2.75, 3.05) is 46.5 Å². The van der Waals surface area contributed by atoms with Crippen LogP contribution in [0.25, 0.3) is 0 Å². The topological polar surface area (TPSA) is 62.2 Å². The summed E-state index contributed by atoms with van der Waals surface area (Å²) in [5.74, 6) is 0.604. The lowest BCUT2D eigenvalue weighted by molar-refractivity contribution is -0.136. The van der Waals surface area contributed by atoms with E-state index in [0.29, 0.717) is 24.8 Å². The van der Waals surface area contributed by atoms with Gasteiger partial charge < -0.3 is 19.5 Å². The third-order valence-corrected chi connectivity index (χ3v) is 6.83. The Balaban J connectivity index is 1.72. The van der Waals surface area contributed by atoms with Crippen LogP contribution in [-0.2, 0) is 16.0 Å². The molecule has 0 radical (unpaired) electrons. The van der Waals surface area contributed by atoms with E-state index in [2.05, 4.69) is 19.9 Å². The maximum absolute atomic E-state index is 13.6. The van der Waals surface area contributed by atoms with Gasteiger partial charge >= 0.3 is 0 Å². The zero-order chi connectivity index (χ0) is 23.8. The lowest BCUT2D eigenvalue weighted by Crippen LogP contribution is -2.48. The highest BCUT2D eigenvalue weighted by molar-refractivity contribution is 7.10. The highest BCUT2D eigenvalue weighted by Gasteiger charge is 2.33. The molecule has 6 nitrogen and oxygen atoms in total. The standard InChI is InChI=1S/C25H35FN2O4S/c1-18(2)7-10-27(14-20(29)16-31-3)15-25(30)28-11-8-24-22(9-12-33-24)23(28)17-32-21-6-4-5-19(26)13-21/h4-6,9,12-13,18,20,23,29H,7-8,10-11,14-17H2,1-3H3/t20-,23-/m1/s1. The van der Waals surface area contributed by atoms with Gasteiger partial charge in [0.05, 0.1) is 25.3 Å². The number of amides is 1. The number of thiophene rings is 1. The fraction of sp³-hybridized carbons (Fsp3) is 0.560. The Bertz CT molecular complexity index is 891. The second-order valence-corrected chi connectivity index (χ2v) is 9.95. The second-order valence-electron chi connectivity index (χ2n) is 8.95. The Labute approximate surface area is 199 Å². The number of methoxy groups -OCH3 is 1. The minimum Gasteiger partial charge on any atom is -0.491 e. The molecule has 0 unspecified atom stereocenters. The molecule has 1 aromatic carbocycles. The van der Waals surface area contributed by atoms with Crippen LogP contribution >= 0.6 is 11.3 Å². The van der Waals surface area contributed by atoms with Gasteiger partial charge in [0.2, 0.25) is 5.91 Å². The molecule has 1 amide bonds. The first-order chi connectivity index (χ1) is 15.9. The van der Waals surface area contributed by atoms with E-state index in [1.165, 1.54) is 17.0 Å². The minimum absolute atomic E-state index is 0.00747. The molecule has 2 aromatic rings. The number of aliphatic hydroxyl groups excluding tert-OH is 1. The molecule has 182 valence electrons. The van der Waals surface area contributed by atoms with Gasteiger partial charge in [-0.1, -0.05) is 19.9 Å². The van der Waals surface area contributed by atoms with Gasteiger partial charge in [0.25, 0.3) is 0 Å². The second kappa shape index (κ2) is 12.5. The highest BCUT2D eigenvalue weighted by atomic mass is 32.1. The van der Waals surface area contributed by atoms with Crippen molar-refractivity contribution in [2.45, 2.75) is 38.8 Å². The monoisotopic (exact) mass is 478 g/mol. The fourth-order valence-electron chi connectivity index (χ4n) is 4.11. The average molecular weight is 479 g/mol. The maximum Gasteiger partial charge on any atom is 0.237 e. The number of nitrogens with zero attached hydrogens (tertiary/aromatic N) is 2. The van der Waals surface area contributed by atoms with Gasteiger partial charge in [-0.25, -0.2) is 4.39 Å². The van der Waals surface area contributed by atoms with Crippen LogP contribution in [0.4, 0.5) is 4.39 Å². The Morgan fingerprint density at radius 2 is 2.18 bits per heavy atom. The summed E-state index contributed by atoms with van der Waals surface area (Å²) < 4.78 is 24.6. The average Bonchev–Trinajstić information content (AvgIpc) is 3.25. The number of rotatable bonds is 12. The van der Waals surface area contributed by atoms with E-state index in [0.717, 1.165) is 24.9 Å². The molecule has 1 aliphatic rings. The molecule has 2 heterocycles. The molecular formula is C25H35FN2O4S. The van der Waals surface area contributed by atoms with E-state index >= 15 is 0 Å². The molecule has 0 saturated carbocycles. The highest BCUT2D eigenvalue weighted by Crippen LogP contribution is 2.34. The summed E-state index contributed by atoms with van der Waals surface area (Å²) in [6.45, 7) is 6.74.